The maximum absolute atomic E-state index is 11.0. The van der Waals surface area contributed by atoms with Crippen LogP contribution < -0.4 is 11.3 Å². The Hall–Kier alpha value is -1.99. The SMILES string of the molecule is CCCOCC(N)c1noc(-c2ccc(=O)[nH]c2)n1. The molecule has 0 bridgehead atoms. The van der Waals surface area contributed by atoms with E-state index in [1.807, 2.05) is 6.92 Å². The van der Waals surface area contributed by atoms with Crippen molar-refractivity contribution in [3.63, 3.8) is 0 Å². The molecule has 2 heterocycles. The fourth-order valence-corrected chi connectivity index (χ4v) is 1.48. The van der Waals surface area contributed by atoms with Gasteiger partial charge in [0.25, 0.3) is 5.89 Å². The van der Waals surface area contributed by atoms with Crippen molar-refractivity contribution >= 4 is 0 Å². The lowest BCUT2D eigenvalue weighted by Gasteiger charge is -2.06. The summed E-state index contributed by atoms with van der Waals surface area (Å²) in [6, 6.07) is 2.57. The number of ether oxygens (including phenoxy) is 1. The molecule has 0 radical (unpaired) electrons. The molecule has 0 fully saturated rings. The third-order valence-corrected chi connectivity index (χ3v) is 2.45. The summed E-state index contributed by atoms with van der Waals surface area (Å²) in [4.78, 5) is 17.7. The Balaban J connectivity index is 2.06. The Kier molecular flexibility index (Phi) is 4.43. The van der Waals surface area contributed by atoms with Crippen LogP contribution in [0, 0.1) is 0 Å². The highest BCUT2D eigenvalue weighted by atomic mass is 16.5. The molecule has 0 amide bonds. The van der Waals surface area contributed by atoms with Crippen LogP contribution in [0.15, 0.2) is 27.6 Å². The predicted octanol–water partition coefficient (Wildman–Crippen LogP) is 0.851. The molecule has 2 aromatic heterocycles. The number of nitrogens with zero attached hydrogens (tertiary/aromatic N) is 2. The largest absolute Gasteiger partial charge is 0.379 e. The highest BCUT2D eigenvalue weighted by molar-refractivity contribution is 5.50. The second-order valence-corrected chi connectivity index (χ2v) is 4.08. The van der Waals surface area contributed by atoms with E-state index >= 15 is 0 Å². The lowest BCUT2D eigenvalue weighted by molar-refractivity contribution is 0.119. The summed E-state index contributed by atoms with van der Waals surface area (Å²) in [5.41, 5.74) is 6.34. The Morgan fingerprint density at radius 3 is 3.05 bits per heavy atom. The Morgan fingerprint density at radius 2 is 2.37 bits per heavy atom. The zero-order chi connectivity index (χ0) is 13.7. The summed E-state index contributed by atoms with van der Waals surface area (Å²) in [5.74, 6) is 0.703. The molecule has 1 atom stereocenters. The van der Waals surface area contributed by atoms with E-state index in [0.717, 1.165) is 6.42 Å². The Morgan fingerprint density at radius 1 is 1.53 bits per heavy atom. The molecule has 7 nitrogen and oxygen atoms in total. The molecule has 7 heteroatoms. The van der Waals surface area contributed by atoms with Crippen molar-refractivity contribution in [3.8, 4) is 11.5 Å². The van der Waals surface area contributed by atoms with Crippen molar-refractivity contribution < 1.29 is 9.26 Å². The molecule has 19 heavy (non-hydrogen) atoms. The van der Waals surface area contributed by atoms with Crippen molar-refractivity contribution in [2.24, 2.45) is 5.73 Å². The van der Waals surface area contributed by atoms with Gasteiger partial charge in [-0.25, -0.2) is 0 Å². The molecule has 1 unspecified atom stereocenters. The molecular weight excluding hydrogens is 248 g/mol. The van der Waals surface area contributed by atoms with E-state index in [1.165, 1.54) is 12.3 Å². The number of rotatable bonds is 6. The standard InChI is InChI=1S/C12H16N4O3/c1-2-5-18-7-9(13)11-15-12(19-16-11)8-3-4-10(17)14-6-8/h3-4,6,9H,2,5,7,13H2,1H3,(H,14,17). The van der Waals surface area contributed by atoms with Crippen molar-refractivity contribution in [2.45, 2.75) is 19.4 Å². The average Bonchev–Trinajstić information content (AvgIpc) is 2.89. The second kappa shape index (κ2) is 6.26. The van der Waals surface area contributed by atoms with Crippen molar-refractivity contribution in [2.75, 3.05) is 13.2 Å². The van der Waals surface area contributed by atoms with Crippen LogP contribution in [0.5, 0.6) is 0 Å². The van der Waals surface area contributed by atoms with Gasteiger partial charge < -0.3 is 20.0 Å². The van der Waals surface area contributed by atoms with E-state index in [2.05, 4.69) is 15.1 Å². The quantitative estimate of drug-likeness (QED) is 0.749. The van der Waals surface area contributed by atoms with E-state index in [9.17, 15) is 4.79 Å². The van der Waals surface area contributed by atoms with Crippen LogP contribution >= 0.6 is 0 Å². The highest BCUT2D eigenvalue weighted by Crippen LogP contribution is 2.16. The van der Waals surface area contributed by atoms with Gasteiger partial charge in [0, 0.05) is 18.9 Å². The van der Waals surface area contributed by atoms with Crippen molar-refractivity contribution in [3.05, 3.63) is 34.5 Å². The summed E-state index contributed by atoms with van der Waals surface area (Å²) >= 11 is 0. The number of aromatic amines is 1. The number of aromatic nitrogens is 3. The van der Waals surface area contributed by atoms with Crippen molar-refractivity contribution in [1.82, 2.24) is 15.1 Å². The lowest BCUT2D eigenvalue weighted by atomic mass is 10.3. The second-order valence-electron chi connectivity index (χ2n) is 4.08. The first-order valence-electron chi connectivity index (χ1n) is 6.06. The van der Waals surface area contributed by atoms with Crippen LogP contribution in [0.2, 0.25) is 0 Å². The van der Waals surface area contributed by atoms with Crippen LogP contribution in [0.4, 0.5) is 0 Å². The maximum Gasteiger partial charge on any atom is 0.259 e. The van der Waals surface area contributed by atoms with Gasteiger partial charge in [-0.1, -0.05) is 12.1 Å². The molecule has 0 aliphatic heterocycles. The van der Waals surface area contributed by atoms with Gasteiger partial charge in [-0.2, -0.15) is 4.98 Å². The van der Waals surface area contributed by atoms with Gasteiger partial charge in [0.15, 0.2) is 5.82 Å². The molecule has 0 spiro atoms. The first kappa shape index (κ1) is 13.4. The first-order chi connectivity index (χ1) is 9.20. The van der Waals surface area contributed by atoms with E-state index in [0.29, 0.717) is 30.5 Å². The van der Waals surface area contributed by atoms with E-state index < -0.39 is 6.04 Å². The Labute approximate surface area is 109 Å². The van der Waals surface area contributed by atoms with Gasteiger partial charge in [-0.05, 0) is 12.5 Å². The smallest absolute Gasteiger partial charge is 0.259 e. The minimum Gasteiger partial charge on any atom is -0.379 e. The molecule has 0 saturated heterocycles. The van der Waals surface area contributed by atoms with Crippen LogP contribution in [0.25, 0.3) is 11.5 Å². The van der Waals surface area contributed by atoms with Gasteiger partial charge in [-0.15, -0.1) is 0 Å². The van der Waals surface area contributed by atoms with Gasteiger partial charge >= 0.3 is 0 Å². The predicted molar refractivity (Wildman–Crippen MR) is 68.4 cm³/mol. The van der Waals surface area contributed by atoms with Crippen LogP contribution in [-0.2, 0) is 4.74 Å². The number of pyridine rings is 1. The fourth-order valence-electron chi connectivity index (χ4n) is 1.48. The van der Waals surface area contributed by atoms with E-state index in [1.54, 1.807) is 6.07 Å². The number of H-pyrrole nitrogens is 1. The molecular formula is C12H16N4O3. The number of hydrogen-bond acceptors (Lipinski definition) is 6. The summed E-state index contributed by atoms with van der Waals surface area (Å²) in [6.45, 7) is 3.02. The molecule has 0 aromatic carbocycles. The van der Waals surface area contributed by atoms with Gasteiger partial charge in [-0.3, -0.25) is 4.79 Å². The molecule has 2 aromatic rings. The van der Waals surface area contributed by atoms with Crippen LogP contribution in [-0.4, -0.2) is 28.3 Å². The molecule has 0 saturated carbocycles. The third kappa shape index (κ3) is 3.49. The van der Waals surface area contributed by atoms with Gasteiger partial charge in [0.1, 0.15) is 0 Å². The normalized spacial score (nSPS) is 12.5. The maximum atomic E-state index is 11.0. The minimum absolute atomic E-state index is 0.187. The first-order valence-corrected chi connectivity index (χ1v) is 6.06. The number of nitrogens with two attached hydrogens (primary N) is 1. The fraction of sp³-hybridized carbons (Fsp3) is 0.417. The summed E-state index contributed by atoms with van der Waals surface area (Å²) < 4.78 is 10.4. The van der Waals surface area contributed by atoms with Gasteiger partial charge in [0.2, 0.25) is 5.56 Å². The summed E-state index contributed by atoms with van der Waals surface area (Å²) in [5, 5.41) is 3.81. The zero-order valence-corrected chi connectivity index (χ0v) is 10.6. The average molecular weight is 264 g/mol. The number of hydrogen-bond donors (Lipinski definition) is 2. The summed E-state index contributed by atoms with van der Waals surface area (Å²) in [7, 11) is 0. The topological polar surface area (TPSA) is 107 Å². The molecule has 3 N–H and O–H groups in total. The minimum atomic E-state index is -0.424. The Bertz CT molecular complexity index is 558. The van der Waals surface area contributed by atoms with E-state index in [4.69, 9.17) is 15.0 Å². The highest BCUT2D eigenvalue weighted by Gasteiger charge is 2.15. The lowest BCUT2D eigenvalue weighted by Crippen LogP contribution is -2.18. The van der Waals surface area contributed by atoms with E-state index in [-0.39, 0.29) is 5.56 Å². The number of nitrogens with one attached hydrogen (secondary N) is 1. The third-order valence-electron chi connectivity index (χ3n) is 2.45. The monoisotopic (exact) mass is 264 g/mol. The molecule has 0 aliphatic rings. The molecule has 2 rings (SSSR count). The zero-order valence-electron chi connectivity index (χ0n) is 10.6. The van der Waals surface area contributed by atoms with Crippen molar-refractivity contribution in [1.29, 1.82) is 0 Å². The van der Waals surface area contributed by atoms with Crippen LogP contribution in [0.1, 0.15) is 25.2 Å². The molecule has 102 valence electrons. The molecule has 0 aliphatic carbocycles. The van der Waals surface area contributed by atoms with Crippen LogP contribution in [0.3, 0.4) is 0 Å². The van der Waals surface area contributed by atoms with Gasteiger partial charge in [0.05, 0.1) is 18.2 Å². The summed E-state index contributed by atoms with van der Waals surface area (Å²) in [6.07, 6.45) is 2.44.